The number of nitrogens with zero attached hydrogens (tertiary/aromatic N) is 2. The normalized spacial score (nSPS) is 10.7. The van der Waals surface area contributed by atoms with Gasteiger partial charge in [0, 0.05) is 5.02 Å². The van der Waals surface area contributed by atoms with Gasteiger partial charge >= 0.3 is 0 Å². The summed E-state index contributed by atoms with van der Waals surface area (Å²) in [5, 5.41) is 3.49. The zero-order valence-corrected chi connectivity index (χ0v) is 17.6. The third-order valence-corrected chi connectivity index (χ3v) is 4.94. The first kappa shape index (κ1) is 20.8. The van der Waals surface area contributed by atoms with Crippen molar-refractivity contribution >= 4 is 28.5 Å². The van der Waals surface area contributed by atoms with Gasteiger partial charge in [0.25, 0.3) is 5.91 Å². The Kier molecular flexibility index (Phi) is 6.69. The fraction of sp³-hybridized carbons (Fsp3) is 0.167. The van der Waals surface area contributed by atoms with Crippen molar-refractivity contribution in [2.45, 2.75) is 13.1 Å². The van der Waals surface area contributed by atoms with E-state index in [1.54, 1.807) is 24.3 Å². The number of carbonyl (C=O) groups is 1. The molecule has 4 rings (SSSR count). The number of halogens is 1. The predicted molar refractivity (Wildman–Crippen MR) is 120 cm³/mol. The van der Waals surface area contributed by atoms with E-state index < -0.39 is 0 Å². The van der Waals surface area contributed by atoms with E-state index in [2.05, 4.69) is 14.9 Å². The summed E-state index contributed by atoms with van der Waals surface area (Å²) in [5.74, 6) is 1.94. The number of hydrogen-bond donors (Lipinski definition) is 1. The van der Waals surface area contributed by atoms with Gasteiger partial charge in [0.05, 0.1) is 24.1 Å². The number of imidazole rings is 1. The minimum absolute atomic E-state index is 0.0843. The molecule has 0 saturated heterocycles. The van der Waals surface area contributed by atoms with E-state index in [9.17, 15) is 4.79 Å². The maximum absolute atomic E-state index is 12.3. The average molecular weight is 436 g/mol. The smallest absolute Gasteiger partial charge is 0.258 e. The molecule has 158 valence electrons. The third-order valence-electron chi connectivity index (χ3n) is 4.69. The summed E-state index contributed by atoms with van der Waals surface area (Å²) in [4.78, 5) is 16.9. The molecule has 0 unspecified atom stereocenters. The molecule has 6 nitrogen and oxygen atoms in total. The molecule has 4 aromatic rings. The van der Waals surface area contributed by atoms with Gasteiger partial charge in [-0.25, -0.2) is 4.98 Å². The third kappa shape index (κ3) is 5.55. The van der Waals surface area contributed by atoms with Crippen LogP contribution < -0.4 is 14.8 Å². The topological polar surface area (TPSA) is 65.4 Å². The van der Waals surface area contributed by atoms with Crippen molar-refractivity contribution in [1.29, 1.82) is 0 Å². The van der Waals surface area contributed by atoms with Gasteiger partial charge in [-0.1, -0.05) is 41.9 Å². The zero-order valence-electron chi connectivity index (χ0n) is 16.8. The van der Waals surface area contributed by atoms with Crippen molar-refractivity contribution in [2.24, 2.45) is 0 Å². The van der Waals surface area contributed by atoms with Gasteiger partial charge in [-0.2, -0.15) is 0 Å². The summed E-state index contributed by atoms with van der Waals surface area (Å²) in [6.45, 7) is 1.31. The summed E-state index contributed by atoms with van der Waals surface area (Å²) in [7, 11) is 0. The van der Waals surface area contributed by atoms with Crippen LogP contribution in [0.3, 0.4) is 0 Å². The van der Waals surface area contributed by atoms with E-state index in [0.29, 0.717) is 30.5 Å². The highest BCUT2D eigenvalue weighted by atomic mass is 35.5. The molecular formula is C24H22ClN3O3. The van der Waals surface area contributed by atoms with Gasteiger partial charge in [-0.15, -0.1) is 0 Å². The van der Waals surface area contributed by atoms with Crippen LogP contribution in [0, 0.1) is 0 Å². The van der Waals surface area contributed by atoms with Crippen LogP contribution in [0.1, 0.15) is 5.82 Å². The average Bonchev–Trinajstić information content (AvgIpc) is 3.15. The van der Waals surface area contributed by atoms with Crippen LogP contribution in [0.2, 0.25) is 5.02 Å². The summed E-state index contributed by atoms with van der Waals surface area (Å²) in [6.07, 6.45) is 0. The lowest BCUT2D eigenvalue weighted by molar-refractivity contribution is -0.123. The first-order valence-electron chi connectivity index (χ1n) is 9.96. The maximum Gasteiger partial charge on any atom is 0.258 e. The van der Waals surface area contributed by atoms with Gasteiger partial charge in [0.2, 0.25) is 0 Å². The van der Waals surface area contributed by atoms with Crippen LogP contribution in [0.5, 0.6) is 11.5 Å². The molecule has 0 aliphatic rings. The second-order valence-electron chi connectivity index (χ2n) is 6.85. The molecule has 3 aromatic carbocycles. The first-order valence-corrected chi connectivity index (χ1v) is 10.3. The first-order chi connectivity index (χ1) is 15.2. The number of amides is 1. The van der Waals surface area contributed by atoms with Gasteiger partial charge in [-0.3, -0.25) is 4.79 Å². The SMILES string of the molecule is O=C(COc1ccc(Cl)cc1)NCc1nc2ccccc2n1CCOc1ccccc1. The highest BCUT2D eigenvalue weighted by Gasteiger charge is 2.12. The number of carbonyl (C=O) groups excluding carboxylic acids is 1. The lowest BCUT2D eigenvalue weighted by Gasteiger charge is -2.12. The molecule has 1 heterocycles. The summed E-state index contributed by atoms with van der Waals surface area (Å²) < 4.78 is 13.4. The number of nitrogens with one attached hydrogen (secondary N) is 1. The molecule has 0 bridgehead atoms. The van der Waals surface area contributed by atoms with Gasteiger partial charge in [0.15, 0.2) is 6.61 Å². The fourth-order valence-electron chi connectivity index (χ4n) is 3.19. The van der Waals surface area contributed by atoms with Crippen molar-refractivity contribution in [2.75, 3.05) is 13.2 Å². The van der Waals surface area contributed by atoms with Crippen molar-refractivity contribution < 1.29 is 14.3 Å². The van der Waals surface area contributed by atoms with Crippen LogP contribution in [-0.4, -0.2) is 28.7 Å². The Morgan fingerprint density at radius 3 is 2.42 bits per heavy atom. The number of fused-ring (bicyclic) bond motifs is 1. The van der Waals surface area contributed by atoms with Crippen LogP contribution in [0.4, 0.5) is 0 Å². The predicted octanol–water partition coefficient (Wildman–Crippen LogP) is 4.46. The zero-order chi connectivity index (χ0) is 21.5. The molecule has 0 saturated carbocycles. The van der Waals surface area contributed by atoms with Crippen LogP contribution in [0.15, 0.2) is 78.9 Å². The van der Waals surface area contributed by atoms with Crippen molar-refractivity contribution in [3.63, 3.8) is 0 Å². The lowest BCUT2D eigenvalue weighted by Crippen LogP contribution is -2.29. The molecule has 0 radical (unpaired) electrons. The molecule has 0 spiro atoms. The Hall–Kier alpha value is -3.51. The Labute approximate surface area is 185 Å². The summed E-state index contributed by atoms with van der Waals surface area (Å²) >= 11 is 5.86. The van der Waals surface area contributed by atoms with Gasteiger partial charge in [0.1, 0.15) is 23.9 Å². The van der Waals surface area contributed by atoms with E-state index in [1.165, 1.54) is 0 Å². The highest BCUT2D eigenvalue weighted by Crippen LogP contribution is 2.17. The van der Waals surface area contributed by atoms with Crippen molar-refractivity contribution in [3.05, 3.63) is 89.7 Å². The quantitative estimate of drug-likeness (QED) is 0.421. The van der Waals surface area contributed by atoms with E-state index >= 15 is 0 Å². The Morgan fingerprint density at radius 2 is 1.61 bits per heavy atom. The molecule has 1 amide bonds. The maximum atomic E-state index is 12.3. The second-order valence-corrected chi connectivity index (χ2v) is 7.29. The van der Waals surface area contributed by atoms with E-state index in [0.717, 1.165) is 22.6 Å². The number of hydrogen-bond acceptors (Lipinski definition) is 4. The lowest BCUT2D eigenvalue weighted by atomic mass is 10.3. The van der Waals surface area contributed by atoms with Crippen LogP contribution in [0.25, 0.3) is 11.0 Å². The molecule has 0 aliphatic heterocycles. The Bertz CT molecular complexity index is 1140. The fourth-order valence-corrected chi connectivity index (χ4v) is 3.32. The highest BCUT2D eigenvalue weighted by molar-refractivity contribution is 6.30. The number of aromatic nitrogens is 2. The molecular weight excluding hydrogens is 414 g/mol. The second kappa shape index (κ2) is 10.00. The number of ether oxygens (including phenoxy) is 2. The Morgan fingerprint density at radius 1 is 0.903 bits per heavy atom. The van der Waals surface area contributed by atoms with Gasteiger partial charge < -0.3 is 19.4 Å². The summed E-state index contributed by atoms with van der Waals surface area (Å²) in [6, 6.07) is 24.5. The van der Waals surface area contributed by atoms with Crippen LogP contribution >= 0.6 is 11.6 Å². The molecule has 7 heteroatoms. The van der Waals surface area contributed by atoms with E-state index in [-0.39, 0.29) is 12.5 Å². The molecule has 0 aliphatic carbocycles. The molecule has 31 heavy (non-hydrogen) atoms. The van der Waals surface area contributed by atoms with Crippen molar-refractivity contribution in [3.8, 4) is 11.5 Å². The minimum Gasteiger partial charge on any atom is -0.492 e. The number of benzene rings is 3. The number of rotatable bonds is 9. The van der Waals surface area contributed by atoms with E-state index in [4.69, 9.17) is 21.1 Å². The number of para-hydroxylation sites is 3. The molecule has 0 atom stereocenters. The molecule has 0 fully saturated rings. The van der Waals surface area contributed by atoms with Gasteiger partial charge in [-0.05, 0) is 48.5 Å². The summed E-state index contributed by atoms with van der Waals surface area (Å²) in [5.41, 5.74) is 1.88. The standard InChI is InChI=1S/C24H22ClN3O3/c25-18-10-12-20(13-11-18)31-17-24(29)26-16-23-27-21-8-4-5-9-22(21)28(23)14-15-30-19-6-2-1-3-7-19/h1-13H,14-17H2,(H,26,29). The Balaban J connectivity index is 1.37. The van der Waals surface area contributed by atoms with E-state index in [1.807, 2.05) is 54.6 Å². The largest absolute Gasteiger partial charge is 0.492 e. The molecule has 1 aromatic heterocycles. The minimum atomic E-state index is -0.228. The molecule has 1 N–H and O–H groups in total. The van der Waals surface area contributed by atoms with Crippen LogP contribution in [-0.2, 0) is 17.9 Å². The monoisotopic (exact) mass is 435 g/mol. The van der Waals surface area contributed by atoms with Crippen molar-refractivity contribution in [1.82, 2.24) is 14.9 Å².